The standard InChI is InChI=1S/C26H28N4O3/c31-22(11-16-30-15-6-14-27-30)29-17-12-26(13-18-29)21-10-5-4-9-20(21)23(24(26)32)28-25(33)19-7-2-1-3-8-19/h1-10,14-15,23-24,32H,11-13,16-18H2,(H,28,33)/t23-,24+/m1/s1. The lowest BCUT2D eigenvalue weighted by atomic mass is 9.72. The Bertz CT molecular complexity index is 1120. The monoisotopic (exact) mass is 444 g/mol. The van der Waals surface area contributed by atoms with Gasteiger partial charge in [0.1, 0.15) is 0 Å². The average molecular weight is 445 g/mol. The van der Waals surface area contributed by atoms with Gasteiger partial charge in [-0.15, -0.1) is 0 Å². The lowest BCUT2D eigenvalue weighted by Gasteiger charge is -2.42. The van der Waals surface area contributed by atoms with Crippen LogP contribution in [-0.2, 0) is 16.8 Å². The SMILES string of the molecule is O=C(N[C@@H]1c2ccccc2C2(CCN(C(=O)CCn3cccn3)CC2)[C@H]1O)c1ccccc1. The van der Waals surface area contributed by atoms with Crippen LogP contribution in [-0.4, -0.2) is 50.8 Å². The van der Waals surface area contributed by atoms with Gasteiger partial charge in [-0.1, -0.05) is 42.5 Å². The van der Waals surface area contributed by atoms with E-state index in [9.17, 15) is 14.7 Å². The molecule has 2 aliphatic rings. The number of piperidine rings is 1. The molecule has 0 saturated carbocycles. The summed E-state index contributed by atoms with van der Waals surface area (Å²) in [6.45, 7) is 1.73. The first kappa shape index (κ1) is 21.4. The van der Waals surface area contributed by atoms with Crippen molar-refractivity contribution in [3.05, 3.63) is 89.7 Å². The molecule has 1 aliphatic carbocycles. The maximum Gasteiger partial charge on any atom is 0.251 e. The summed E-state index contributed by atoms with van der Waals surface area (Å²) in [5, 5.41) is 18.7. The van der Waals surface area contributed by atoms with Crippen LogP contribution >= 0.6 is 0 Å². The van der Waals surface area contributed by atoms with Gasteiger partial charge in [-0.3, -0.25) is 14.3 Å². The fourth-order valence-electron chi connectivity index (χ4n) is 5.36. The predicted octanol–water partition coefficient (Wildman–Crippen LogP) is 2.68. The fraction of sp³-hybridized carbons (Fsp3) is 0.346. The number of nitrogens with zero attached hydrogens (tertiary/aromatic N) is 3. The van der Waals surface area contributed by atoms with Crippen LogP contribution in [0.1, 0.15) is 46.8 Å². The van der Waals surface area contributed by atoms with E-state index in [0.29, 0.717) is 44.5 Å². The zero-order valence-electron chi connectivity index (χ0n) is 18.4. The summed E-state index contributed by atoms with van der Waals surface area (Å²) in [7, 11) is 0. The predicted molar refractivity (Wildman–Crippen MR) is 123 cm³/mol. The highest BCUT2D eigenvalue weighted by Gasteiger charge is 2.53. The van der Waals surface area contributed by atoms with Crippen molar-refractivity contribution in [2.75, 3.05) is 13.1 Å². The molecule has 0 radical (unpaired) electrons. The quantitative estimate of drug-likeness (QED) is 0.634. The van der Waals surface area contributed by atoms with Crippen LogP contribution < -0.4 is 5.32 Å². The Balaban J connectivity index is 1.30. The minimum Gasteiger partial charge on any atom is -0.390 e. The number of benzene rings is 2. The smallest absolute Gasteiger partial charge is 0.251 e. The molecule has 2 atom stereocenters. The number of aryl methyl sites for hydroxylation is 1. The van der Waals surface area contributed by atoms with Crippen LogP contribution in [0, 0.1) is 0 Å². The molecule has 3 aromatic rings. The number of aliphatic hydroxyl groups excluding tert-OH is 1. The van der Waals surface area contributed by atoms with Crippen LogP contribution in [0.3, 0.4) is 0 Å². The normalized spacial score (nSPS) is 21.1. The third-order valence-corrected chi connectivity index (χ3v) is 7.16. The number of hydrogen-bond donors (Lipinski definition) is 2. The van der Waals surface area contributed by atoms with Gasteiger partial charge in [0.15, 0.2) is 0 Å². The second kappa shape index (κ2) is 8.83. The van der Waals surface area contributed by atoms with E-state index in [1.54, 1.807) is 23.0 Å². The molecule has 0 bridgehead atoms. The molecular weight excluding hydrogens is 416 g/mol. The number of nitrogens with one attached hydrogen (secondary N) is 1. The molecule has 170 valence electrons. The minimum atomic E-state index is -0.746. The van der Waals surface area contributed by atoms with Crippen molar-refractivity contribution in [3.63, 3.8) is 0 Å². The Morgan fingerprint density at radius 2 is 1.76 bits per heavy atom. The minimum absolute atomic E-state index is 0.107. The molecule has 2 heterocycles. The van der Waals surface area contributed by atoms with Crippen molar-refractivity contribution >= 4 is 11.8 Å². The van der Waals surface area contributed by atoms with Crippen molar-refractivity contribution in [1.82, 2.24) is 20.0 Å². The van der Waals surface area contributed by atoms with Crippen LogP contribution in [0.25, 0.3) is 0 Å². The number of carbonyl (C=O) groups is 2. The van der Waals surface area contributed by atoms with Crippen molar-refractivity contribution in [2.45, 2.75) is 43.4 Å². The third-order valence-electron chi connectivity index (χ3n) is 7.16. The Hall–Kier alpha value is -3.45. The largest absolute Gasteiger partial charge is 0.390 e. The van der Waals surface area contributed by atoms with E-state index >= 15 is 0 Å². The van der Waals surface area contributed by atoms with Crippen molar-refractivity contribution in [2.24, 2.45) is 0 Å². The van der Waals surface area contributed by atoms with Gasteiger partial charge in [0.05, 0.1) is 12.1 Å². The van der Waals surface area contributed by atoms with Gasteiger partial charge in [0.2, 0.25) is 5.91 Å². The van der Waals surface area contributed by atoms with Gasteiger partial charge in [-0.05, 0) is 42.2 Å². The molecule has 2 N–H and O–H groups in total. The lowest BCUT2D eigenvalue weighted by Crippen LogP contribution is -2.51. The highest BCUT2D eigenvalue weighted by molar-refractivity contribution is 5.94. The second-order valence-electron chi connectivity index (χ2n) is 8.91. The topological polar surface area (TPSA) is 87.5 Å². The second-order valence-corrected chi connectivity index (χ2v) is 8.91. The number of rotatable bonds is 5. The molecule has 1 aromatic heterocycles. The summed E-state index contributed by atoms with van der Waals surface area (Å²) in [5.41, 5.74) is 2.15. The highest BCUT2D eigenvalue weighted by atomic mass is 16.3. The van der Waals surface area contributed by atoms with Crippen LogP contribution in [0.15, 0.2) is 73.1 Å². The van der Waals surface area contributed by atoms with Crippen molar-refractivity contribution < 1.29 is 14.7 Å². The summed E-state index contributed by atoms with van der Waals surface area (Å²) in [4.78, 5) is 27.5. The molecule has 1 aliphatic heterocycles. The Morgan fingerprint density at radius 1 is 1.03 bits per heavy atom. The fourth-order valence-corrected chi connectivity index (χ4v) is 5.36. The summed E-state index contributed by atoms with van der Waals surface area (Å²) >= 11 is 0. The molecule has 2 amide bonds. The van der Waals surface area contributed by atoms with Crippen LogP contribution in [0.5, 0.6) is 0 Å². The number of likely N-dealkylation sites (tertiary alicyclic amines) is 1. The van der Waals surface area contributed by atoms with Gasteiger partial charge in [-0.25, -0.2) is 0 Å². The molecule has 1 saturated heterocycles. The third kappa shape index (κ3) is 3.93. The first-order valence-electron chi connectivity index (χ1n) is 11.5. The van der Waals surface area contributed by atoms with E-state index in [-0.39, 0.29) is 11.8 Å². The zero-order valence-corrected chi connectivity index (χ0v) is 18.4. The molecule has 7 heteroatoms. The molecule has 5 rings (SSSR count). The van der Waals surface area contributed by atoms with Crippen LogP contribution in [0.4, 0.5) is 0 Å². The Kier molecular flexibility index (Phi) is 5.72. The summed E-state index contributed by atoms with van der Waals surface area (Å²) < 4.78 is 1.76. The molecule has 2 aromatic carbocycles. The maximum atomic E-state index is 12.9. The average Bonchev–Trinajstić information content (AvgIpc) is 3.46. The van der Waals surface area contributed by atoms with E-state index in [1.165, 1.54) is 0 Å². The van der Waals surface area contributed by atoms with Crippen molar-refractivity contribution in [1.29, 1.82) is 0 Å². The van der Waals surface area contributed by atoms with Gasteiger partial charge in [-0.2, -0.15) is 5.10 Å². The van der Waals surface area contributed by atoms with Gasteiger partial charge in [0.25, 0.3) is 5.91 Å². The van der Waals surface area contributed by atoms with Gasteiger partial charge in [0, 0.05) is 49.4 Å². The van der Waals surface area contributed by atoms with E-state index < -0.39 is 17.6 Å². The summed E-state index contributed by atoms with van der Waals surface area (Å²) in [6, 6.07) is 18.4. The summed E-state index contributed by atoms with van der Waals surface area (Å²) in [6.07, 6.45) is 4.55. The Morgan fingerprint density at radius 3 is 2.48 bits per heavy atom. The number of carbonyl (C=O) groups excluding carboxylic acids is 2. The number of fused-ring (bicyclic) bond motifs is 2. The van der Waals surface area contributed by atoms with Crippen LogP contribution in [0.2, 0.25) is 0 Å². The number of aromatic nitrogens is 2. The molecule has 33 heavy (non-hydrogen) atoms. The number of amides is 2. The highest BCUT2D eigenvalue weighted by Crippen LogP contribution is 2.51. The van der Waals surface area contributed by atoms with E-state index in [4.69, 9.17) is 0 Å². The lowest BCUT2D eigenvalue weighted by molar-refractivity contribution is -0.134. The van der Waals surface area contributed by atoms with E-state index in [1.807, 2.05) is 53.6 Å². The molecule has 1 spiro atoms. The van der Waals surface area contributed by atoms with E-state index in [0.717, 1.165) is 11.1 Å². The summed E-state index contributed by atoms with van der Waals surface area (Å²) in [5.74, 6) is -0.0900. The molecule has 0 unspecified atom stereocenters. The first-order valence-corrected chi connectivity index (χ1v) is 11.5. The molecular formula is C26H28N4O3. The molecule has 1 fully saturated rings. The zero-order chi connectivity index (χ0) is 22.8. The van der Waals surface area contributed by atoms with Gasteiger partial charge >= 0.3 is 0 Å². The van der Waals surface area contributed by atoms with Crippen molar-refractivity contribution in [3.8, 4) is 0 Å². The maximum absolute atomic E-state index is 12.9. The molecule has 7 nitrogen and oxygen atoms in total. The number of aliphatic hydroxyl groups is 1. The van der Waals surface area contributed by atoms with Gasteiger partial charge < -0.3 is 15.3 Å². The van der Waals surface area contributed by atoms with E-state index in [2.05, 4.69) is 16.5 Å². The first-order chi connectivity index (χ1) is 16.1. The Labute approximate surface area is 193 Å². The number of hydrogen-bond acceptors (Lipinski definition) is 4.